The van der Waals surface area contributed by atoms with Crippen LogP contribution in [0, 0.1) is 11.3 Å². The summed E-state index contributed by atoms with van der Waals surface area (Å²) in [6.45, 7) is 8.67. The van der Waals surface area contributed by atoms with E-state index in [1.54, 1.807) is 4.90 Å². The summed E-state index contributed by atoms with van der Waals surface area (Å²) in [6.07, 6.45) is 3.94. The normalized spacial score (nSPS) is 16.5. The molecule has 1 amide bonds. The van der Waals surface area contributed by atoms with Gasteiger partial charge in [0.25, 0.3) is 0 Å². The molecule has 2 aliphatic rings. The number of piperidine rings is 1. The number of hydrogen-bond donors (Lipinski definition) is 0. The Kier molecular flexibility index (Phi) is 5.91. The fraction of sp³-hybridized carbons (Fsp3) is 0.462. The molecule has 2 aliphatic heterocycles. The molecule has 5 heteroatoms. The molecule has 2 heterocycles. The zero-order chi connectivity index (χ0) is 22.0. The maximum absolute atomic E-state index is 12.8. The Labute approximate surface area is 185 Å². The molecule has 4 rings (SSSR count). The van der Waals surface area contributed by atoms with Crippen LogP contribution in [0.15, 0.2) is 36.4 Å². The Balaban J connectivity index is 1.80. The second kappa shape index (κ2) is 8.63. The number of carbonyl (C=O) groups is 1. The Morgan fingerprint density at radius 2 is 1.74 bits per heavy atom. The number of nitriles is 1. The highest BCUT2D eigenvalue weighted by atomic mass is 16.6. The van der Waals surface area contributed by atoms with Gasteiger partial charge in [0.15, 0.2) is 0 Å². The topological polar surface area (TPSA) is 56.6 Å². The zero-order valence-corrected chi connectivity index (χ0v) is 18.8. The molecule has 0 unspecified atom stereocenters. The monoisotopic (exact) mass is 417 g/mol. The van der Waals surface area contributed by atoms with Gasteiger partial charge >= 0.3 is 6.09 Å². The van der Waals surface area contributed by atoms with Crippen molar-refractivity contribution >= 4 is 11.8 Å². The van der Waals surface area contributed by atoms with Gasteiger partial charge in [0.2, 0.25) is 0 Å². The molecule has 0 spiro atoms. The average molecular weight is 418 g/mol. The lowest BCUT2D eigenvalue weighted by Crippen LogP contribution is -2.40. The van der Waals surface area contributed by atoms with E-state index in [-0.39, 0.29) is 6.09 Å². The summed E-state index contributed by atoms with van der Waals surface area (Å²) in [5.41, 5.74) is 5.68. The first kappa shape index (κ1) is 21.2. The van der Waals surface area contributed by atoms with E-state index < -0.39 is 5.60 Å². The molecule has 5 nitrogen and oxygen atoms in total. The van der Waals surface area contributed by atoms with E-state index in [1.807, 2.05) is 39.0 Å². The molecule has 1 saturated heterocycles. The number of nitrogens with zero attached hydrogens (tertiary/aromatic N) is 3. The van der Waals surface area contributed by atoms with Gasteiger partial charge in [0.1, 0.15) is 11.7 Å². The van der Waals surface area contributed by atoms with Gasteiger partial charge in [0, 0.05) is 26.2 Å². The van der Waals surface area contributed by atoms with E-state index in [1.165, 1.54) is 6.42 Å². The predicted octanol–water partition coefficient (Wildman–Crippen LogP) is 5.51. The average Bonchev–Trinajstić information content (AvgIpc) is 2.77. The second-order valence-electron chi connectivity index (χ2n) is 9.45. The number of rotatable bonds is 2. The summed E-state index contributed by atoms with van der Waals surface area (Å²) < 4.78 is 5.63. The molecule has 0 N–H and O–H groups in total. The molecule has 0 aliphatic carbocycles. The summed E-state index contributed by atoms with van der Waals surface area (Å²) in [6, 6.07) is 15.0. The molecule has 0 bridgehead atoms. The number of anilines is 1. The van der Waals surface area contributed by atoms with Crippen molar-refractivity contribution in [2.24, 2.45) is 0 Å². The third-order valence-electron chi connectivity index (χ3n) is 6.05. The Morgan fingerprint density at radius 1 is 1.03 bits per heavy atom. The molecule has 1 fully saturated rings. The number of amides is 1. The van der Waals surface area contributed by atoms with Gasteiger partial charge in [-0.05, 0) is 74.8 Å². The van der Waals surface area contributed by atoms with Crippen LogP contribution >= 0.6 is 0 Å². The van der Waals surface area contributed by atoms with E-state index in [0.29, 0.717) is 19.5 Å². The standard InChI is InChI=1S/C26H31N3O2/c1-26(2,3)31-25(30)29-15-12-20-22(17-27)24(28-13-8-5-9-14-28)16-21(23(20)18-29)19-10-6-4-7-11-19/h4,6-7,10-11,16H,5,8-9,12-15,18H2,1-3H3. The van der Waals surface area contributed by atoms with Crippen molar-refractivity contribution in [2.75, 3.05) is 24.5 Å². The fourth-order valence-corrected chi connectivity index (χ4v) is 4.60. The van der Waals surface area contributed by atoms with Gasteiger partial charge in [-0.1, -0.05) is 30.3 Å². The molecular formula is C26H31N3O2. The van der Waals surface area contributed by atoms with Gasteiger partial charge in [-0.2, -0.15) is 5.26 Å². The summed E-state index contributed by atoms with van der Waals surface area (Å²) in [7, 11) is 0. The molecule has 0 saturated carbocycles. The number of fused-ring (bicyclic) bond motifs is 1. The third-order valence-corrected chi connectivity index (χ3v) is 6.05. The SMILES string of the molecule is CC(C)(C)OC(=O)N1CCc2c(C#N)c(N3CCCCC3)cc(-c3ccccc3)c2C1. The number of benzene rings is 2. The third kappa shape index (κ3) is 4.54. The molecule has 2 aromatic rings. The van der Waals surface area contributed by atoms with E-state index >= 15 is 0 Å². The molecule has 2 aromatic carbocycles. The Morgan fingerprint density at radius 3 is 2.39 bits per heavy atom. The van der Waals surface area contributed by atoms with E-state index in [2.05, 4.69) is 29.2 Å². The molecule has 0 aromatic heterocycles. The first-order valence-electron chi connectivity index (χ1n) is 11.2. The van der Waals surface area contributed by atoms with E-state index in [9.17, 15) is 10.1 Å². The summed E-state index contributed by atoms with van der Waals surface area (Å²) in [5.74, 6) is 0. The highest BCUT2D eigenvalue weighted by molar-refractivity contribution is 5.80. The molecule has 162 valence electrons. The van der Waals surface area contributed by atoms with Crippen LogP contribution in [0.1, 0.15) is 56.7 Å². The van der Waals surface area contributed by atoms with Crippen molar-refractivity contribution in [1.82, 2.24) is 4.90 Å². The van der Waals surface area contributed by atoms with Crippen molar-refractivity contribution < 1.29 is 9.53 Å². The largest absolute Gasteiger partial charge is 0.444 e. The molecule has 0 atom stereocenters. The second-order valence-corrected chi connectivity index (χ2v) is 9.45. The minimum atomic E-state index is -0.532. The first-order chi connectivity index (χ1) is 14.9. The lowest BCUT2D eigenvalue weighted by molar-refractivity contribution is 0.0224. The van der Waals surface area contributed by atoms with Gasteiger partial charge < -0.3 is 14.5 Å². The summed E-state index contributed by atoms with van der Waals surface area (Å²) >= 11 is 0. The van der Waals surface area contributed by atoms with Gasteiger partial charge in [-0.3, -0.25) is 0 Å². The van der Waals surface area contributed by atoms with Crippen molar-refractivity contribution in [2.45, 2.75) is 58.6 Å². The van der Waals surface area contributed by atoms with E-state index in [4.69, 9.17) is 4.74 Å². The van der Waals surface area contributed by atoms with Gasteiger partial charge in [-0.25, -0.2) is 4.79 Å². The van der Waals surface area contributed by atoms with Crippen molar-refractivity contribution in [1.29, 1.82) is 5.26 Å². The maximum atomic E-state index is 12.8. The van der Waals surface area contributed by atoms with E-state index in [0.717, 1.165) is 59.4 Å². The van der Waals surface area contributed by atoms with Crippen LogP contribution in [-0.2, 0) is 17.7 Å². The molecule has 31 heavy (non-hydrogen) atoms. The van der Waals surface area contributed by atoms with Crippen molar-refractivity contribution in [3.8, 4) is 17.2 Å². The van der Waals surface area contributed by atoms with Crippen LogP contribution in [0.2, 0.25) is 0 Å². The molecule has 0 radical (unpaired) electrons. The number of ether oxygens (including phenoxy) is 1. The van der Waals surface area contributed by atoms with Crippen LogP contribution in [0.3, 0.4) is 0 Å². The van der Waals surface area contributed by atoms with Crippen LogP contribution < -0.4 is 4.90 Å². The predicted molar refractivity (Wildman–Crippen MR) is 123 cm³/mol. The summed E-state index contributed by atoms with van der Waals surface area (Å²) in [5, 5.41) is 10.1. The van der Waals surface area contributed by atoms with Crippen molar-refractivity contribution in [3.05, 3.63) is 53.1 Å². The quantitative estimate of drug-likeness (QED) is 0.647. The maximum Gasteiger partial charge on any atom is 0.410 e. The number of carbonyl (C=O) groups excluding carboxylic acids is 1. The Hall–Kier alpha value is -3.00. The fourth-order valence-electron chi connectivity index (χ4n) is 4.60. The minimum Gasteiger partial charge on any atom is -0.444 e. The summed E-state index contributed by atoms with van der Waals surface area (Å²) in [4.78, 5) is 16.9. The van der Waals surface area contributed by atoms with Crippen LogP contribution in [-0.4, -0.2) is 36.2 Å². The highest BCUT2D eigenvalue weighted by Crippen LogP contribution is 2.39. The van der Waals surface area contributed by atoms with Gasteiger partial charge in [-0.15, -0.1) is 0 Å². The lowest BCUT2D eigenvalue weighted by atomic mass is 9.86. The zero-order valence-electron chi connectivity index (χ0n) is 18.8. The van der Waals surface area contributed by atoms with Gasteiger partial charge in [0.05, 0.1) is 11.3 Å². The van der Waals surface area contributed by atoms with Crippen LogP contribution in [0.5, 0.6) is 0 Å². The first-order valence-corrected chi connectivity index (χ1v) is 11.2. The number of hydrogen-bond acceptors (Lipinski definition) is 4. The minimum absolute atomic E-state index is 0.296. The van der Waals surface area contributed by atoms with Crippen LogP contribution in [0.25, 0.3) is 11.1 Å². The smallest absolute Gasteiger partial charge is 0.410 e. The lowest BCUT2D eigenvalue weighted by Gasteiger charge is -2.35. The van der Waals surface area contributed by atoms with Crippen LogP contribution in [0.4, 0.5) is 10.5 Å². The van der Waals surface area contributed by atoms with Crippen molar-refractivity contribution in [3.63, 3.8) is 0 Å². The Bertz CT molecular complexity index is 996. The highest BCUT2D eigenvalue weighted by Gasteiger charge is 2.31. The molecular weight excluding hydrogens is 386 g/mol.